The summed E-state index contributed by atoms with van der Waals surface area (Å²) in [5, 5.41) is 0. The van der Waals surface area contributed by atoms with Gasteiger partial charge in [0.2, 0.25) is 5.91 Å². The van der Waals surface area contributed by atoms with E-state index in [9.17, 15) is 4.79 Å². The molecular formula is C18H26N4O. The lowest BCUT2D eigenvalue weighted by molar-refractivity contribution is -0.137. The highest BCUT2D eigenvalue weighted by atomic mass is 16.2. The molecule has 0 radical (unpaired) electrons. The van der Waals surface area contributed by atoms with Gasteiger partial charge in [0.05, 0.1) is 5.92 Å². The maximum atomic E-state index is 12.9. The molecule has 0 spiro atoms. The van der Waals surface area contributed by atoms with Crippen LogP contribution in [0.4, 0.5) is 5.82 Å². The topological polar surface area (TPSA) is 39.7 Å². The molecule has 1 atom stereocenters. The number of rotatable bonds is 3. The summed E-state index contributed by atoms with van der Waals surface area (Å²) in [6.07, 6.45) is 6.76. The number of likely N-dealkylation sites (tertiary alicyclic amines) is 1. The first-order chi connectivity index (χ1) is 11.3. The zero-order valence-electron chi connectivity index (χ0n) is 13.7. The van der Waals surface area contributed by atoms with Gasteiger partial charge in [-0.1, -0.05) is 6.07 Å². The van der Waals surface area contributed by atoms with Crippen LogP contribution in [0.2, 0.25) is 0 Å². The monoisotopic (exact) mass is 314 g/mol. The van der Waals surface area contributed by atoms with E-state index >= 15 is 0 Å². The molecule has 1 aromatic heterocycles. The van der Waals surface area contributed by atoms with Gasteiger partial charge in [-0.3, -0.25) is 9.69 Å². The van der Waals surface area contributed by atoms with Crippen LogP contribution in [0.1, 0.15) is 25.7 Å². The minimum Gasteiger partial charge on any atom is -0.353 e. The summed E-state index contributed by atoms with van der Waals surface area (Å²) in [5.74, 6) is 1.64. The normalized spacial score (nSPS) is 26.3. The third-order valence-corrected chi connectivity index (χ3v) is 5.43. The predicted molar refractivity (Wildman–Crippen MR) is 90.3 cm³/mol. The minimum absolute atomic E-state index is 0.228. The molecule has 0 N–H and O–H groups in total. The van der Waals surface area contributed by atoms with Gasteiger partial charge in [0.25, 0.3) is 0 Å². The zero-order valence-corrected chi connectivity index (χ0v) is 13.7. The van der Waals surface area contributed by atoms with Crippen molar-refractivity contribution in [2.24, 2.45) is 5.92 Å². The summed E-state index contributed by atoms with van der Waals surface area (Å²) in [6, 6.07) is 6.80. The average molecular weight is 314 g/mol. The van der Waals surface area contributed by atoms with Crippen molar-refractivity contribution in [2.75, 3.05) is 44.2 Å². The number of carbonyl (C=O) groups is 1. The lowest BCUT2D eigenvalue weighted by atomic mass is 9.96. The molecule has 2 saturated heterocycles. The molecule has 4 rings (SSSR count). The van der Waals surface area contributed by atoms with Gasteiger partial charge in [-0.15, -0.1) is 0 Å². The first-order valence-electron chi connectivity index (χ1n) is 9.00. The smallest absolute Gasteiger partial charge is 0.227 e. The SMILES string of the molecule is O=C(C1CCCN(C2CC2)C1)N1CCN(c2ccccn2)CC1. The Hall–Kier alpha value is -1.62. The second-order valence-corrected chi connectivity index (χ2v) is 7.07. The van der Waals surface area contributed by atoms with Gasteiger partial charge < -0.3 is 9.80 Å². The average Bonchev–Trinajstić information content (AvgIpc) is 3.47. The van der Waals surface area contributed by atoms with Crippen LogP contribution in [0.5, 0.6) is 0 Å². The van der Waals surface area contributed by atoms with Crippen molar-refractivity contribution in [3.63, 3.8) is 0 Å². The van der Waals surface area contributed by atoms with Crippen LogP contribution in [-0.4, -0.2) is 66.0 Å². The quantitative estimate of drug-likeness (QED) is 0.850. The van der Waals surface area contributed by atoms with Crippen LogP contribution in [0.25, 0.3) is 0 Å². The number of hydrogen-bond acceptors (Lipinski definition) is 4. The third kappa shape index (κ3) is 3.34. The fraction of sp³-hybridized carbons (Fsp3) is 0.667. The van der Waals surface area contributed by atoms with Crippen molar-refractivity contribution in [3.05, 3.63) is 24.4 Å². The maximum Gasteiger partial charge on any atom is 0.227 e. The summed E-state index contributed by atoms with van der Waals surface area (Å²) in [4.78, 5) is 24.2. The number of amides is 1. The van der Waals surface area contributed by atoms with Gasteiger partial charge in [0.1, 0.15) is 5.82 Å². The number of piperidine rings is 1. The van der Waals surface area contributed by atoms with Gasteiger partial charge in [-0.25, -0.2) is 4.98 Å². The minimum atomic E-state index is 0.228. The van der Waals surface area contributed by atoms with Crippen LogP contribution in [-0.2, 0) is 4.79 Å². The molecule has 3 heterocycles. The first-order valence-corrected chi connectivity index (χ1v) is 9.00. The van der Waals surface area contributed by atoms with E-state index < -0.39 is 0 Å². The number of piperazine rings is 1. The Bertz CT molecular complexity index is 537. The molecule has 1 aliphatic carbocycles. The fourth-order valence-electron chi connectivity index (χ4n) is 3.93. The molecule has 1 aromatic rings. The summed E-state index contributed by atoms with van der Waals surface area (Å²) < 4.78 is 0. The molecule has 1 saturated carbocycles. The first kappa shape index (κ1) is 14.9. The summed E-state index contributed by atoms with van der Waals surface area (Å²) in [5.41, 5.74) is 0. The third-order valence-electron chi connectivity index (χ3n) is 5.43. The van der Waals surface area contributed by atoms with Gasteiger partial charge >= 0.3 is 0 Å². The van der Waals surface area contributed by atoms with Gasteiger partial charge in [0, 0.05) is 45.0 Å². The summed E-state index contributed by atoms with van der Waals surface area (Å²) in [7, 11) is 0. The molecule has 23 heavy (non-hydrogen) atoms. The number of carbonyl (C=O) groups excluding carboxylic acids is 1. The Morgan fingerprint density at radius 2 is 1.87 bits per heavy atom. The number of nitrogens with zero attached hydrogens (tertiary/aromatic N) is 4. The lowest BCUT2D eigenvalue weighted by Gasteiger charge is -2.39. The van der Waals surface area contributed by atoms with E-state index in [2.05, 4.69) is 19.7 Å². The van der Waals surface area contributed by atoms with Crippen LogP contribution in [0.15, 0.2) is 24.4 Å². The van der Waals surface area contributed by atoms with Crippen molar-refractivity contribution in [2.45, 2.75) is 31.7 Å². The molecule has 5 nitrogen and oxygen atoms in total. The highest BCUT2D eigenvalue weighted by Crippen LogP contribution is 2.31. The summed E-state index contributed by atoms with van der Waals surface area (Å²) in [6.45, 7) is 5.63. The van der Waals surface area contributed by atoms with E-state index in [4.69, 9.17) is 0 Å². The van der Waals surface area contributed by atoms with Gasteiger partial charge in [-0.05, 0) is 44.4 Å². The molecule has 3 fully saturated rings. The Morgan fingerprint density at radius 3 is 2.57 bits per heavy atom. The van der Waals surface area contributed by atoms with Gasteiger partial charge in [0.15, 0.2) is 0 Å². The number of aromatic nitrogens is 1. The largest absolute Gasteiger partial charge is 0.353 e. The standard InChI is InChI=1S/C18H26N4O/c23-18(15-4-3-9-22(14-15)16-6-7-16)21-12-10-20(11-13-21)17-5-1-2-8-19-17/h1-2,5,8,15-16H,3-4,6-7,9-14H2. The van der Waals surface area contributed by atoms with Crippen LogP contribution in [0, 0.1) is 5.92 Å². The van der Waals surface area contributed by atoms with Gasteiger partial charge in [-0.2, -0.15) is 0 Å². The van der Waals surface area contributed by atoms with Crippen molar-refractivity contribution < 1.29 is 4.79 Å². The molecular weight excluding hydrogens is 288 g/mol. The number of pyridine rings is 1. The van der Waals surface area contributed by atoms with Crippen LogP contribution < -0.4 is 4.90 Å². The molecule has 1 amide bonds. The highest BCUT2D eigenvalue weighted by Gasteiger charge is 2.36. The molecule has 0 bridgehead atoms. The van der Waals surface area contributed by atoms with E-state index in [0.717, 1.165) is 51.0 Å². The van der Waals surface area contributed by atoms with Crippen molar-refractivity contribution in [1.82, 2.24) is 14.8 Å². The Balaban J connectivity index is 1.32. The molecule has 2 aliphatic heterocycles. The lowest BCUT2D eigenvalue weighted by Crippen LogP contribution is -2.53. The predicted octanol–water partition coefficient (Wildman–Crippen LogP) is 1.60. The second-order valence-electron chi connectivity index (χ2n) is 7.07. The van der Waals surface area contributed by atoms with Crippen LogP contribution >= 0.6 is 0 Å². The maximum absolute atomic E-state index is 12.9. The van der Waals surface area contributed by atoms with E-state index in [1.807, 2.05) is 24.4 Å². The van der Waals surface area contributed by atoms with E-state index in [1.54, 1.807) is 0 Å². The molecule has 124 valence electrons. The fourth-order valence-corrected chi connectivity index (χ4v) is 3.93. The number of hydrogen-bond donors (Lipinski definition) is 0. The Morgan fingerprint density at radius 1 is 1.04 bits per heavy atom. The van der Waals surface area contributed by atoms with Crippen molar-refractivity contribution in [3.8, 4) is 0 Å². The van der Waals surface area contributed by atoms with Crippen molar-refractivity contribution >= 4 is 11.7 Å². The van der Waals surface area contributed by atoms with E-state index in [-0.39, 0.29) is 5.92 Å². The zero-order chi connectivity index (χ0) is 15.6. The Kier molecular flexibility index (Phi) is 4.21. The van der Waals surface area contributed by atoms with E-state index in [0.29, 0.717) is 5.91 Å². The molecule has 5 heteroatoms. The molecule has 0 aromatic carbocycles. The highest BCUT2D eigenvalue weighted by molar-refractivity contribution is 5.79. The van der Waals surface area contributed by atoms with Crippen molar-refractivity contribution in [1.29, 1.82) is 0 Å². The van der Waals surface area contributed by atoms with Crippen LogP contribution in [0.3, 0.4) is 0 Å². The molecule has 1 unspecified atom stereocenters. The molecule has 3 aliphatic rings. The number of anilines is 1. The second kappa shape index (κ2) is 6.48. The summed E-state index contributed by atoms with van der Waals surface area (Å²) >= 11 is 0. The van der Waals surface area contributed by atoms with E-state index in [1.165, 1.54) is 25.8 Å². The Labute approximate surface area is 138 Å².